The lowest BCUT2D eigenvalue weighted by Crippen LogP contribution is -2.23. The number of pyridine rings is 1. The number of allylic oxidation sites excluding steroid dienone is 2. The van der Waals surface area contributed by atoms with Gasteiger partial charge in [-0.15, -0.1) is 0 Å². The van der Waals surface area contributed by atoms with Gasteiger partial charge in [0, 0.05) is 44.5 Å². The van der Waals surface area contributed by atoms with Gasteiger partial charge in [-0.25, -0.2) is 0 Å². The van der Waals surface area contributed by atoms with Crippen molar-refractivity contribution in [2.24, 2.45) is 0 Å². The predicted molar refractivity (Wildman–Crippen MR) is 125 cm³/mol. The molecule has 1 aliphatic rings. The molecule has 0 saturated carbocycles. The predicted octanol–water partition coefficient (Wildman–Crippen LogP) is 6.41. The van der Waals surface area contributed by atoms with E-state index in [1.54, 1.807) is 30.6 Å². The van der Waals surface area contributed by atoms with Gasteiger partial charge in [-0.05, 0) is 38.0 Å². The Hall–Kier alpha value is -2.54. The van der Waals surface area contributed by atoms with Crippen LogP contribution in [-0.4, -0.2) is 16.0 Å². The summed E-state index contributed by atoms with van der Waals surface area (Å²) in [5.74, 6) is 0.309. The summed E-state index contributed by atoms with van der Waals surface area (Å²) in [5.41, 5.74) is 3.73. The number of nitrogens with one attached hydrogen (secondary N) is 1. The molecule has 1 aliphatic heterocycles. The Kier molecular flexibility index (Phi) is 6.80. The highest BCUT2D eigenvalue weighted by molar-refractivity contribution is 8.12. The van der Waals surface area contributed by atoms with Crippen molar-refractivity contribution in [1.82, 2.24) is 15.5 Å². The summed E-state index contributed by atoms with van der Waals surface area (Å²) in [4.78, 5) is 18.6. The van der Waals surface area contributed by atoms with Crippen molar-refractivity contribution < 1.29 is 9.32 Å². The van der Waals surface area contributed by atoms with Crippen LogP contribution >= 0.6 is 35.0 Å². The van der Waals surface area contributed by atoms with E-state index >= 15 is 0 Å². The lowest BCUT2D eigenvalue weighted by Gasteiger charge is -2.12. The maximum absolute atomic E-state index is 12.9. The van der Waals surface area contributed by atoms with Crippen LogP contribution in [0.15, 0.2) is 74.9 Å². The molecule has 0 saturated heterocycles. The van der Waals surface area contributed by atoms with Crippen LogP contribution in [0, 0.1) is 0 Å². The van der Waals surface area contributed by atoms with Gasteiger partial charge in [0.15, 0.2) is 5.76 Å². The van der Waals surface area contributed by atoms with E-state index in [1.165, 1.54) is 17.3 Å². The summed E-state index contributed by atoms with van der Waals surface area (Å²) in [5, 5.41) is 8.17. The third kappa shape index (κ3) is 5.21. The third-order valence-electron chi connectivity index (χ3n) is 4.81. The molecule has 158 valence electrons. The van der Waals surface area contributed by atoms with Gasteiger partial charge in [-0.3, -0.25) is 9.78 Å². The minimum Gasteiger partial charge on any atom is -0.359 e. The van der Waals surface area contributed by atoms with Crippen molar-refractivity contribution in [2.45, 2.75) is 26.3 Å². The van der Waals surface area contributed by atoms with Crippen molar-refractivity contribution in [3.8, 4) is 11.3 Å². The Morgan fingerprint density at radius 2 is 1.97 bits per heavy atom. The average Bonchev–Trinajstić information content (AvgIpc) is 3.20. The minimum absolute atomic E-state index is 0.207. The maximum atomic E-state index is 12.9. The number of carbonyl (C=O) groups excluding carboxylic acids is 1. The van der Waals surface area contributed by atoms with Crippen molar-refractivity contribution in [3.05, 3.63) is 86.7 Å². The molecule has 0 fully saturated rings. The molecule has 0 spiro atoms. The zero-order valence-electron chi connectivity index (χ0n) is 16.7. The topological polar surface area (TPSA) is 68.0 Å². The van der Waals surface area contributed by atoms with Gasteiger partial charge in [0.2, 0.25) is 0 Å². The number of hydrogen-bond acceptors (Lipinski definition) is 5. The molecule has 2 aromatic heterocycles. The van der Waals surface area contributed by atoms with Crippen LogP contribution in [0.3, 0.4) is 0 Å². The lowest BCUT2D eigenvalue weighted by molar-refractivity contribution is -0.117. The van der Waals surface area contributed by atoms with E-state index < -0.39 is 0 Å². The molecule has 3 heterocycles. The molecule has 8 heteroatoms. The van der Waals surface area contributed by atoms with Gasteiger partial charge in [-0.1, -0.05) is 63.9 Å². The Labute approximate surface area is 194 Å². The normalized spacial score (nSPS) is 14.5. The van der Waals surface area contributed by atoms with Crippen molar-refractivity contribution in [1.29, 1.82) is 0 Å². The van der Waals surface area contributed by atoms with Crippen molar-refractivity contribution >= 4 is 45.8 Å². The quantitative estimate of drug-likeness (QED) is 0.465. The van der Waals surface area contributed by atoms with Crippen molar-refractivity contribution in [3.63, 3.8) is 0 Å². The second-order valence-corrected chi connectivity index (χ2v) is 8.97. The summed E-state index contributed by atoms with van der Waals surface area (Å²) in [6.45, 7) is 2.27. The van der Waals surface area contributed by atoms with Crippen LogP contribution in [0.25, 0.3) is 16.2 Å². The number of hydrogen-bond donors (Lipinski definition) is 1. The second kappa shape index (κ2) is 9.73. The van der Waals surface area contributed by atoms with Gasteiger partial charge in [0.25, 0.3) is 5.91 Å². The average molecular weight is 472 g/mol. The van der Waals surface area contributed by atoms with Crippen LogP contribution < -0.4 is 5.32 Å². The van der Waals surface area contributed by atoms with E-state index in [0.717, 1.165) is 22.5 Å². The largest absolute Gasteiger partial charge is 0.359 e. The molecule has 5 nitrogen and oxygen atoms in total. The summed E-state index contributed by atoms with van der Waals surface area (Å²) in [7, 11) is 0. The first-order valence-electron chi connectivity index (χ1n) is 9.67. The summed E-state index contributed by atoms with van der Waals surface area (Å²) >= 11 is 13.8. The fraction of sp³-hybridized carbons (Fsp3) is 0.174. The Bertz CT molecular complexity index is 1160. The minimum atomic E-state index is -0.240. The molecule has 1 aromatic carbocycles. The van der Waals surface area contributed by atoms with E-state index in [2.05, 4.69) is 22.4 Å². The van der Waals surface area contributed by atoms with E-state index in [4.69, 9.17) is 27.7 Å². The number of nitrogens with zero attached hydrogens (tertiary/aromatic N) is 2. The highest BCUT2D eigenvalue weighted by atomic mass is 35.5. The fourth-order valence-electron chi connectivity index (χ4n) is 3.14. The van der Waals surface area contributed by atoms with Gasteiger partial charge >= 0.3 is 0 Å². The van der Waals surface area contributed by atoms with E-state index in [9.17, 15) is 4.79 Å². The van der Waals surface area contributed by atoms with Gasteiger partial charge in [0.05, 0.1) is 11.4 Å². The SMILES string of the molecule is CC1=C(c2cccnc2)SC(C(=O)NCc2cc(-c3ccc(Cl)cc3)no2)=C(Cl)CC1. The maximum Gasteiger partial charge on any atom is 0.259 e. The van der Waals surface area contributed by atoms with E-state index in [0.29, 0.717) is 32.8 Å². The highest BCUT2D eigenvalue weighted by Gasteiger charge is 2.23. The molecule has 4 rings (SSSR count). The molecule has 0 radical (unpaired) electrons. The summed E-state index contributed by atoms with van der Waals surface area (Å²) < 4.78 is 5.37. The molecular weight excluding hydrogens is 453 g/mol. The van der Waals surface area contributed by atoms with Crippen LogP contribution in [0.4, 0.5) is 0 Å². The first-order chi connectivity index (χ1) is 15.0. The zero-order valence-corrected chi connectivity index (χ0v) is 19.0. The molecule has 31 heavy (non-hydrogen) atoms. The van der Waals surface area contributed by atoms with Crippen LogP contribution in [0.1, 0.15) is 31.1 Å². The van der Waals surface area contributed by atoms with Crippen LogP contribution in [-0.2, 0) is 11.3 Å². The van der Waals surface area contributed by atoms with E-state index in [-0.39, 0.29) is 12.5 Å². The number of amides is 1. The van der Waals surface area contributed by atoms with Crippen LogP contribution in [0.2, 0.25) is 5.02 Å². The number of rotatable bonds is 5. The van der Waals surface area contributed by atoms with Crippen LogP contribution in [0.5, 0.6) is 0 Å². The number of aromatic nitrogens is 2. The van der Waals surface area contributed by atoms with E-state index in [1.807, 2.05) is 24.3 Å². The number of halogens is 2. The summed E-state index contributed by atoms with van der Waals surface area (Å²) in [6, 6.07) is 13.0. The fourth-order valence-corrected chi connectivity index (χ4v) is 4.66. The first-order valence-corrected chi connectivity index (χ1v) is 11.2. The first kappa shape index (κ1) is 21.7. The lowest BCUT2D eigenvalue weighted by atomic mass is 10.1. The molecule has 3 aromatic rings. The molecule has 0 aliphatic carbocycles. The second-order valence-electron chi connectivity index (χ2n) is 7.06. The molecule has 0 bridgehead atoms. The Morgan fingerprint density at radius 1 is 1.16 bits per heavy atom. The molecule has 0 atom stereocenters. The smallest absolute Gasteiger partial charge is 0.259 e. The third-order valence-corrected chi connectivity index (χ3v) is 6.98. The molecule has 1 amide bonds. The molecule has 1 N–H and O–H groups in total. The number of benzene rings is 1. The Morgan fingerprint density at radius 3 is 2.71 bits per heavy atom. The molecule has 0 unspecified atom stereocenters. The Balaban J connectivity index is 1.46. The number of thioether (sulfide) groups is 1. The zero-order chi connectivity index (χ0) is 21.8. The number of carbonyl (C=O) groups is 1. The standard InChI is InChI=1S/C23H19Cl2N3O2S/c1-14-4-9-19(25)22(31-21(14)16-3-2-10-26-12-16)23(29)27-13-18-11-20(28-30-18)15-5-7-17(24)8-6-15/h2-3,5-8,10-12H,4,9,13H2,1H3,(H,27,29). The highest BCUT2D eigenvalue weighted by Crippen LogP contribution is 2.43. The van der Waals surface area contributed by atoms with Crippen molar-refractivity contribution in [2.75, 3.05) is 0 Å². The van der Waals surface area contributed by atoms with Gasteiger partial charge < -0.3 is 9.84 Å². The monoisotopic (exact) mass is 471 g/mol. The summed E-state index contributed by atoms with van der Waals surface area (Å²) in [6.07, 6.45) is 4.94. The van der Waals surface area contributed by atoms with Gasteiger partial charge in [-0.2, -0.15) is 0 Å². The molecular formula is C23H19Cl2N3O2S. The van der Waals surface area contributed by atoms with Gasteiger partial charge in [0.1, 0.15) is 5.69 Å².